The van der Waals surface area contributed by atoms with Crippen LogP contribution < -0.4 is 10.7 Å². The summed E-state index contributed by atoms with van der Waals surface area (Å²) in [7, 11) is 0. The first-order chi connectivity index (χ1) is 14.0. The maximum Gasteiger partial charge on any atom is 0.328 e. The Bertz CT molecular complexity index is 1210. The summed E-state index contributed by atoms with van der Waals surface area (Å²) in [6, 6.07) is 12.7. The maximum atomic E-state index is 12.7. The zero-order valence-electron chi connectivity index (χ0n) is 15.6. The molecule has 0 spiro atoms. The van der Waals surface area contributed by atoms with Crippen molar-refractivity contribution in [2.75, 3.05) is 5.32 Å². The molecule has 2 aromatic heterocycles. The predicted molar refractivity (Wildman–Crippen MR) is 116 cm³/mol. The molecule has 0 aliphatic heterocycles. The SMILES string of the molecule is C=C/C=C(\C=C)Nc1cc(=O)c2cnc(/C=C/C(=O)O)cc2n1-c1ccccc1. The molecule has 0 unspecified atom stereocenters. The van der Waals surface area contributed by atoms with Crippen LogP contribution >= 0.6 is 0 Å². The minimum absolute atomic E-state index is 0.210. The van der Waals surface area contributed by atoms with Gasteiger partial charge in [0, 0.05) is 29.7 Å². The van der Waals surface area contributed by atoms with Crippen LogP contribution in [0.3, 0.4) is 0 Å². The van der Waals surface area contributed by atoms with Crippen LogP contribution in [0.25, 0.3) is 22.7 Å². The fraction of sp³-hybridized carbons (Fsp3) is 0. The van der Waals surface area contributed by atoms with Crippen LogP contribution in [0.4, 0.5) is 5.82 Å². The van der Waals surface area contributed by atoms with E-state index in [4.69, 9.17) is 5.11 Å². The van der Waals surface area contributed by atoms with Crippen LogP contribution in [0, 0.1) is 0 Å². The third kappa shape index (κ3) is 4.39. The van der Waals surface area contributed by atoms with Crippen molar-refractivity contribution in [1.29, 1.82) is 0 Å². The molecule has 0 bridgehead atoms. The van der Waals surface area contributed by atoms with Gasteiger partial charge in [-0.25, -0.2) is 4.79 Å². The van der Waals surface area contributed by atoms with Gasteiger partial charge in [-0.1, -0.05) is 37.4 Å². The molecule has 3 rings (SSSR count). The Morgan fingerprint density at radius 1 is 1.17 bits per heavy atom. The summed E-state index contributed by atoms with van der Waals surface area (Å²) in [5.74, 6) is -0.547. The number of allylic oxidation sites excluding steroid dienone is 3. The molecular formula is C23H19N3O3. The normalized spacial score (nSPS) is 11.5. The average Bonchev–Trinajstić information content (AvgIpc) is 2.72. The van der Waals surface area contributed by atoms with E-state index >= 15 is 0 Å². The lowest BCUT2D eigenvalue weighted by Crippen LogP contribution is -2.14. The monoisotopic (exact) mass is 385 g/mol. The maximum absolute atomic E-state index is 12.7. The van der Waals surface area contributed by atoms with Crippen molar-refractivity contribution < 1.29 is 9.90 Å². The fourth-order valence-electron chi connectivity index (χ4n) is 2.86. The van der Waals surface area contributed by atoms with Gasteiger partial charge in [0.05, 0.1) is 16.6 Å². The van der Waals surface area contributed by atoms with Crippen molar-refractivity contribution in [2.24, 2.45) is 0 Å². The molecule has 0 radical (unpaired) electrons. The summed E-state index contributed by atoms with van der Waals surface area (Å²) >= 11 is 0. The van der Waals surface area contributed by atoms with Crippen LogP contribution in [-0.2, 0) is 4.79 Å². The van der Waals surface area contributed by atoms with E-state index in [0.29, 0.717) is 28.1 Å². The number of nitrogens with one attached hydrogen (secondary N) is 1. The van der Waals surface area contributed by atoms with Gasteiger partial charge in [-0.05, 0) is 36.4 Å². The molecule has 0 amide bonds. The number of carboxylic acids is 1. The van der Waals surface area contributed by atoms with Gasteiger partial charge >= 0.3 is 5.97 Å². The number of carboxylic acid groups (broad SMARTS) is 1. The second-order valence-electron chi connectivity index (χ2n) is 6.05. The van der Waals surface area contributed by atoms with E-state index in [9.17, 15) is 9.59 Å². The fourth-order valence-corrected chi connectivity index (χ4v) is 2.86. The number of fused-ring (bicyclic) bond motifs is 1. The predicted octanol–water partition coefficient (Wildman–Crippen LogP) is 4.15. The number of benzene rings is 1. The van der Waals surface area contributed by atoms with Gasteiger partial charge in [0.2, 0.25) is 0 Å². The first-order valence-corrected chi connectivity index (χ1v) is 8.78. The number of aliphatic carboxylic acids is 1. The molecule has 0 aliphatic carbocycles. The molecular weight excluding hydrogens is 366 g/mol. The van der Waals surface area contributed by atoms with Crippen molar-refractivity contribution in [3.05, 3.63) is 108 Å². The van der Waals surface area contributed by atoms with Gasteiger partial charge in [0.15, 0.2) is 5.43 Å². The molecule has 2 heterocycles. The smallest absolute Gasteiger partial charge is 0.328 e. The second kappa shape index (κ2) is 8.67. The van der Waals surface area contributed by atoms with Crippen molar-refractivity contribution in [2.45, 2.75) is 0 Å². The number of hydrogen-bond donors (Lipinski definition) is 2. The Hall–Kier alpha value is -4.19. The first kappa shape index (κ1) is 19.6. The molecule has 0 fully saturated rings. The summed E-state index contributed by atoms with van der Waals surface area (Å²) in [6.07, 6.45) is 8.83. The van der Waals surface area contributed by atoms with Crippen molar-refractivity contribution in [1.82, 2.24) is 9.55 Å². The van der Waals surface area contributed by atoms with Crippen molar-refractivity contribution in [3.8, 4) is 5.69 Å². The van der Waals surface area contributed by atoms with Crippen LogP contribution in [0.15, 0.2) is 96.6 Å². The van der Waals surface area contributed by atoms with Crippen LogP contribution in [-0.4, -0.2) is 20.6 Å². The molecule has 144 valence electrons. The number of para-hydroxylation sites is 1. The number of hydrogen-bond acceptors (Lipinski definition) is 4. The zero-order chi connectivity index (χ0) is 20.8. The Morgan fingerprint density at radius 3 is 2.59 bits per heavy atom. The minimum atomic E-state index is -1.08. The van der Waals surface area contributed by atoms with Gasteiger partial charge in [0.1, 0.15) is 5.82 Å². The number of aromatic nitrogens is 2. The van der Waals surface area contributed by atoms with Gasteiger partial charge in [-0.2, -0.15) is 0 Å². The highest BCUT2D eigenvalue weighted by Gasteiger charge is 2.12. The molecule has 0 atom stereocenters. The second-order valence-corrected chi connectivity index (χ2v) is 6.05. The Labute approximate surface area is 167 Å². The van der Waals surface area contributed by atoms with Gasteiger partial charge < -0.3 is 10.4 Å². The highest BCUT2D eigenvalue weighted by molar-refractivity contribution is 5.87. The van der Waals surface area contributed by atoms with Crippen LogP contribution in [0.2, 0.25) is 0 Å². The minimum Gasteiger partial charge on any atom is -0.478 e. The summed E-state index contributed by atoms with van der Waals surface area (Å²) in [6.45, 7) is 7.47. The molecule has 6 heteroatoms. The lowest BCUT2D eigenvalue weighted by molar-refractivity contribution is -0.131. The van der Waals surface area contributed by atoms with Gasteiger partial charge in [-0.15, -0.1) is 0 Å². The summed E-state index contributed by atoms with van der Waals surface area (Å²) in [5.41, 5.74) is 2.29. The highest BCUT2D eigenvalue weighted by atomic mass is 16.4. The standard InChI is InChI=1S/C23H19N3O3/c1-3-8-16(4-2)25-22-14-21(27)19-15-24-17(11-12-23(28)29)13-20(19)26(22)18-9-6-5-7-10-18/h3-15,25H,1-2H2,(H,28,29)/b12-11+,16-8+. The molecule has 0 saturated carbocycles. The molecule has 6 nitrogen and oxygen atoms in total. The third-order valence-electron chi connectivity index (χ3n) is 4.12. The Kier molecular flexibility index (Phi) is 5.85. The van der Waals surface area contributed by atoms with E-state index in [2.05, 4.69) is 23.5 Å². The third-order valence-corrected chi connectivity index (χ3v) is 4.12. The average molecular weight is 385 g/mol. The van der Waals surface area contributed by atoms with Crippen LogP contribution in [0.1, 0.15) is 5.69 Å². The Morgan fingerprint density at radius 2 is 1.93 bits per heavy atom. The first-order valence-electron chi connectivity index (χ1n) is 8.78. The topological polar surface area (TPSA) is 84.2 Å². The Balaban J connectivity index is 2.33. The van der Waals surface area contributed by atoms with Crippen LogP contribution in [0.5, 0.6) is 0 Å². The number of pyridine rings is 2. The number of nitrogens with zero attached hydrogens (tertiary/aromatic N) is 2. The van der Waals surface area contributed by atoms with Gasteiger partial charge in [-0.3, -0.25) is 14.3 Å². The molecule has 2 N–H and O–H groups in total. The lowest BCUT2D eigenvalue weighted by Gasteiger charge is -2.19. The summed E-state index contributed by atoms with van der Waals surface area (Å²) in [5, 5.41) is 12.5. The van der Waals surface area contributed by atoms with Gasteiger partial charge in [0.25, 0.3) is 0 Å². The van der Waals surface area contributed by atoms with E-state index in [0.717, 1.165) is 11.8 Å². The van der Waals surface area contributed by atoms with E-state index < -0.39 is 5.97 Å². The number of rotatable bonds is 7. The zero-order valence-corrected chi connectivity index (χ0v) is 15.6. The molecule has 1 aromatic carbocycles. The van der Waals surface area contributed by atoms with E-state index in [1.165, 1.54) is 18.3 Å². The summed E-state index contributed by atoms with van der Waals surface area (Å²) < 4.78 is 1.87. The molecule has 0 aliphatic rings. The molecule has 0 saturated heterocycles. The van der Waals surface area contributed by atoms with E-state index in [1.54, 1.807) is 24.3 Å². The van der Waals surface area contributed by atoms with Crippen molar-refractivity contribution >= 4 is 28.8 Å². The molecule has 29 heavy (non-hydrogen) atoms. The van der Waals surface area contributed by atoms with E-state index in [-0.39, 0.29) is 5.43 Å². The highest BCUT2D eigenvalue weighted by Crippen LogP contribution is 2.24. The number of anilines is 1. The van der Waals surface area contributed by atoms with Crippen molar-refractivity contribution in [3.63, 3.8) is 0 Å². The lowest BCUT2D eigenvalue weighted by atomic mass is 10.2. The number of carbonyl (C=O) groups is 1. The molecule has 3 aromatic rings. The summed E-state index contributed by atoms with van der Waals surface area (Å²) in [4.78, 5) is 27.7. The quantitative estimate of drug-likeness (QED) is 0.471. The van der Waals surface area contributed by atoms with E-state index in [1.807, 2.05) is 34.9 Å². The largest absolute Gasteiger partial charge is 0.478 e.